The Morgan fingerprint density at radius 3 is 2.69 bits per heavy atom. The molecule has 1 aromatic carbocycles. The molecular weight excluding hydrogens is 206 g/mol. The van der Waals surface area contributed by atoms with Gasteiger partial charge in [0, 0.05) is 12.6 Å². The molecule has 4 nitrogen and oxygen atoms in total. The van der Waals surface area contributed by atoms with E-state index in [2.05, 4.69) is 0 Å². The standard InChI is InChI=1S/C12H9NO3/c1-6-3-10(14)8-4-9-11(5-7(6)8)16-12(15)13(9)2/h3-5H,1-2H3. The van der Waals surface area contributed by atoms with E-state index >= 15 is 0 Å². The third-order valence-electron chi connectivity index (χ3n) is 2.97. The van der Waals surface area contributed by atoms with Gasteiger partial charge in [-0.05, 0) is 36.3 Å². The lowest BCUT2D eigenvalue weighted by molar-refractivity contribution is 0.105. The van der Waals surface area contributed by atoms with Crippen molar-refractivity contribution in [1.29, 1.82) is 0 Å². The van der Waals surface area contributed by atoms with Gasteiger partial charge in [-0.15, -0.1) is 0 Å². The van der Waals surface area contributed by atoms with Crippen LogP contribution >= 0.6 is 0 Å². The second-order valence-corrected chi connectivity index (χ2v) is 3.98. The van der Waals surface area contributed by atoms with E-state index < -0.39 is 5.76 Å². The fourth-order valence-corrected chi connectivity index (χ4v) is 2.06. The highest BCUT2D eigenvalue weighted by Crippen LogP contribution is 2.30. The molecular formula is C12H9NO3. The van der Waals surface area contributed by atoms with Crippen LogP contribution in [0.4, 0.5) is 0 Å². The maximum absolute atomic E-state index is 11.6. The van der Waals surface area contributed by atoms with Gasteiger partial charge in [0.05, 0.1) is 5.52 Å². The van der Waals surface area contributed by atoms with Gasteiger partial charge in [-0.1, -0.05) is 0 Å². The smallest absolute Gasteiger partial charge is 0.408 e. The fraction of sp³-hybridized carbons (Fsp3) is 0.167. The van der Waals surface area contributed by atoms with Crippen LogP contribution in [0.2, 0.25) is 0 Å². The number of benzene rings is 1. The average molecular weight is 215 g/mol. The summed E-state index contributed by atoms with van der Waals surface area (Å²) < 4.78 is 6.48. The van der Waals surface area contributed by atoms with Gasteiger partial charge >= 0.3 is 5.76 Å². The Balaban J connectivity index is 2.47. The van der Waals surface area contributed by atoms with Crippen molar-refractivity contribution in [3.05, 3.63) is 39.9 Å². The molecule has 0 fully saturated rings. The second kappa shape index (κ2) is 2.72. The van der Waals surface area contributed by atoms with Crippen molar-refractivity contribution in [2.75, 3.05) is 0 Å². The number of hydrogen-bond donors (Lipinski definition) is 0. The molecule has 0 radical (unpaired) electrons. The molecule has 0 N–H and O–H groups in total. The molecule has 2 aromatic rings. The lowest BCUT2D eigenvalue weighted by Crippen LogP contribution is -2.08. The molecule has 1 aliphatic carbocycles. The molecule has 0 bridgehead atoms. The van der Waals surface area contributed by atoms with Crippen LogP contribution < -0.4 is 5.76 Å². The molecule has 4 heteroatoms. The molecule has 0 atom stereocenters. The van der Waals surface area contributed by atoms with Gasteiger partial charge < -0.3 is 4.42 Å². The average Bonchev–Trinajstić information content (AvgIpc) is 2.67. The van der Waals surface area contributed by atoms with Crippen LogP contribution in [0.3, 0.4) is 0 Å². The molecule has 0 aliphatic heterocycles. The van der Waals surface area contributed by atoms with E-state index in [1.165, 1.54) is 4.57 Å². The van der Waals surface area contributed by atoms with Gasteiger partial charge in [0.25, 0.3) is 0 Å². The molecule has 1 heterocycles. The summed E-state index contributed by atoms with van der Waals surface area (Å²) in [5.41, 5.74) is 3.58. The van der Waals surface area contributed by atoms with Crippen molar-refractivity contribution in [2.24, 2.45) is 7.05 Å². The number of fused-ring (bicyclic) bond motifs is 2. The van der Waals surface area contributed by atoms with Crippen LogP contribution in [0.1, 0.15) is 22.8 Å². The van der Waals surface area contributed by atoms with Crippen LogP contribution in [-0.2, 0) is 7.05 Å². The highest BCUT2D eigenvalue weighted by Gasteiger charge is 2.21. The predicted octanol–water partition coefficient (Wildman–Crippen LogP) is 1.73. The molecule has 80 valence electrons. The number of oxazole rings is 1. The zero-order chi connectivity index (χ0) is 11.4. The Morgan fingerprint density at radius 2 is 1.94 bits per heavy atom. The largest absolute Gasteiger partial charge is 0.419 e. The molecule has 1 aliphatic rings. The first-order valence-corrected chi connectivity index (χ1v) is 4.94. The Hall–Kier alpha value is -2.10. The van der Waals surface area contributed by atoms with Crippen molar-refractivity contribution in [1.82, 2.24) is 4.57 Å². The highest BCUT2D eigenvalue weighted by molar-refractivity contribution is 6.17. The van der Waals surface area contributed by atoms with E-state index in [9.17, 15) is 9.59 Å². The first-order valence-electron chi connectivity index (χ1n) is 4.94. The Labute approximate surface area is 90.8 Å². The normalized spacial score (nSPS) is 14.4. The highest BCUT2D eigenvalue weighted by atomic mass is 16.4. The SMILES string of the molecule is CC1=CC(=O)c2cc3c(cc21)oc(=O)n3C. The Bertz CT molecular complexity index is 716. The van der Waals surface area contributed by atoms with Crippen LogP contribution in [0.15, 0.2) is 27.4 Å². The Morgan fingerprint density at radius 1 is 1.19 bits per heavy atom. The number of nitrogens with zero attached hydrogens (tertiary/aromatic N) is 1. The van der Waals surface area contributed by atoms with Crippen LogP contribution in [0.25, 0.3) is 16.7 Å². The molecule has 0 amide bonds. The maximum Gasteiger partial charge on any atom is 0.419 e. The van der Waals surface area contributed by atoms with Crippen molar-refractivity contribution >= 4 is 22.5 Å². The van der Waals surface area contributed by atoms with E-state index in [1.807, 2.05) is 6.92 Å². The van der Waals surface area contributed by atoms with Gasteiger partial charge in [0.1, 0.15) is 0 Å². The molecule has 16 heavy (non-hydrogen) atoms. The van der Waals surface area contributed by atoms with Crippen LogP contribution in [0, 0.1) is 0 Å². The number of aryl methyl sites for hydroxylation is 1. The Kier molecular flexibility index (Phi) is 1.56. The summed E-state index contributed by atoms with van der Waals surface area (Å²) in [5, 5.41) is 0. The predicted molar refractivity (Wildman–Crippen MR) is 59.4 cm³/mol. The number of hydrogen-bond acceptors (Lipinski definition) is 3. The second-order valence-electron chi connectivity index (χ2n) is 3.98. The minimum atomic E-state index is -0.409. The minimum Gasteiger partial charge on any atom is -0.408 e. The van der Waals surface area contributed by atoms with Gasteiger partial charge in [-0.2, -0.15) is 0 Å². The molecule has 0 spiro atoms. The third kappa shape index (κ3) is 0.984. The summed E-state index contributed by atoms with van der Waals surface area (Å²) in [6.07, 6.45) is 1.60. The van der Waals surface area contributed by atoms with Gasteiger partial charge in [0.2, 0.25) is 0 Å². The molecule has 0 saturated heterocycles. The quantitative estimate of drug-likeness (QED) is 0.672. The monoisotopic (exact) mass is 215 g/mol. The molecule has 3 rings (SSSR count). The number of ketones is 1. The summed E-state index contributed by atoms with van der Waals surface area (Å²) >= 11 is 0. The summed E-state index contributed by atoms with van der Waals surface area (Å²) in [6.45, 7) is 1.87. The summed E-state index contributed by atoms with van der Waals surface area (Å²) in [4.78, 5) is 23.0. The number of aromatic nitrogens is 1. The number of carbonyl (C=O) groups excluding carboxylic acids is 1. The van der Waals surface area contributed by atoms with Gasteiger partial charge in [0.15, 0.2) is 11.4 Å². The van der Waals surface area contributed by atoms with E-state index in [0.29, 0.717) is 16.7 Å². The first kappa shape index (κ1) is 9.15. The number of allylic oxidation sites excluding steroid dienone is 2. The van der Waals surface area contributed by atoms with Gasteiger partial charge in [-0.25, -0.2) is 4.79 Å². The summed E-state index contributed by atoms with van der Waals surface area (Å²) in [5.74, 6) is -0.421. The van der Waals surface area contributed by atoms with Gasteiger partial charge in [-0.3, -0.25) is 9.36 Å². The van der Waals surface area contributed by atoms with Crippen molar-refractivity contribution in [3.8, 4) is 0 Å². The first-order chi connectivity index (χ1) is 7.58. The zero-order valence-corrected chi connectivity index (χ0v) is 8.90. The summed E-state index contributed by atoms with van der Waals surface area (Å²) in [6, 6.07) is 3.47. The number of rotatable bonds is 0. The topological polar surface area (TPSA) is 52.2 Å². The van der Waals surface area contributed by atoms with Crippen molar-refractivity contribution in [3.63, 3.8) is 0 Å². The van der Waals surface area contributed by atoms with Crippen molar-refractivity contribution < 1.29 is 9.21 Å². The van der Waals surface area contributed by atoms with E-state index in [-0.39, 0.29) is 5.78 Å². The van der Waals surface area contributed by atoms with E-state index in [4.69, 9.17) is 4.42 Å². The lowest BCUT2D eigenvalue weighted by Gasteiger charge is -2.00. The zero-order valence-electron chi connectivity index (χ0n) is 8.90. The lowest BCUT2D eigenvalue weighted by atomic mass is 10.1. The fourth-order valence-electron chi connectivity index (χ4n) is 2.06. The minimum absolute atomic E-state index is 0.0111. The number of carbonyl (C=O) groups is 1. The third-order valence-corrected chi connectivity index (χ3v) is 2.97. The van der Waals surface area contributed by atoms with Crippen molar-refractivity contribution in [2.45, 2.75) is 6.92 Å². The van der Waals surface area contributed by atoms with Crippen LogP contribution in [-0.4, -0.2) is 10.4 Å². The van der Waals surface area contributed by atoms with Crippen LogP contribution in [0.5, 0.6) is 0 Å². The molecule has 1 aromatic heterocycles. The molecule has 0 saturated carbocycles. The summed E-state index contributed by atoms with van der Waals surface area (Å²) in [7, 11) is 1.63. The molecule has 0 unspecified atom stereocenters. The van der Waals surface area contributed by atoms with E-state index in [0.717, 1.165) is 11.1 Å². The van der Waals surface area contributed by atoms with E-state index in [1.54, 1.807) is 25.3 Å². The maximum atomic E-state index is 11.6.